The van der Waals surface area contributed by atoms with Crippen molar-refractivity contribution in [1.29, 1.82) is 5.41 Å². The number of hydrogen-bond donors (Lipinski definition) is 5. The molecule has 4 rings (SSSR count). The van der Waals surface area contributed by atoms with Crippen LogP contribution in [0.2, 0.25) is 0 Å². The van der Waals surface area contributed by atoms with Gasteiger partial charge in [0.05, 0.1) is 37.6 Å². The van der Waals surface area contributed by atoms with Crippen molar-refractivity contribution in [1.82, 2.24) is 9.97 Å². The average Bonchev–Trinajstić information content (AvgIpc) is 3.44. The van der Waals surface area contributed by atoms with Crippen molar-refractivity contribution >= 4 is 40.2 Å². The molecule has 0 atom stereocenters. The Labute approximate surface area is 279 Å². The molecule has 272 valence electrons. The number of methoxy groups -OCH3 is 1. The van der Waals surface area contributed by atoms with Gasteiger partial charge in [-0.25, -0.2) is 19.0 Å². The minimum Gasteiger partial charge on any atom is -0.494 e. The molecule has 0 spiro atoms. The number of hydrogen-bond acceptors (Lipinski definition) is 8. The third-order valence-electron chi connectivity index (χ3n) is 5.99. The summed E-state index contributed by atoms with van der Waals surface area (Å²) in [6.45, 7) is 6.18. The maximum atomic E-state index is 15.9. The third kappa shape index (κ3) is 11.4. The van der Waals surface area contributed by atoms with E-state index in [1.807, 2.05) is 39.0 Å². The van der Waals surface area contributed by atoms with Gasteiger partial charge in [-0.1, -0.05) is 6.07 Å². The molecule has 3 aromatic carbocycles. The number of nitrogens with zero attached hydrogens (tertiary/aromatic N) is 2. The number of rotatable bonds is 10. The first-order valence-corrected chi connectivity index (χ1v) is 14.2. The first kappa shape index (κ1) is 40.4. The quantitative estimate of drug-likeness (QED) is 0.0665. The van der Waals surface area contributed by atoms with Crippen LogP contribution in [-0.4, -0.2) is 70.1 Å². The summed E-state index contributed by atoms with van der Waals surface area (Å²) < 4.78 is 96.3. The van der Waals surface area contributed by atoms with Crippen LogP contribution in [0, 0.1) is 11.2 Å². The van der Waals surface area contributed by atoms with Crippen LogP contribution in [0.5, 0.6) is 17.2 Å². The Balaban J connectivity index is 0.000000521. The maximum Gasteiger partial charge on any atom is 0.490 e. The lowest BCUT2D eigenvalue weighted by Gasteiger charge is -2.26. The number of para-hydroxylation sites is 1. The van der Waals surface area contributed by atoms with Crippen LogP contribution in [0.25, 0.3) is 11.0 Å². The molecule has 1 aromatic heterocycles. The number of carbonyl (C=O) groups is 2. The van der Waals surface area contributed by atoms with Gasteiger partial charge < -0.3 is 40.0 Å². The predicted molar refractivity (Wildman–Crippen MR) is 167 cm³/mol. The molecule has 0 unspecified atom stereocenters. The smallest absolute Gasteiger partial charge is 0.490 e. The second-order valence-corrected chi connectivity index (χ2v) is 10.0. The lowest BCUT2D eigenvalue weighted by molar-refractivity contribution is -0.193. The zero-order valence-corrected chi connectivity index (χ0v) is 26.7. The minimum absolute atomic E-state index is 0.0466. The van der Waals surface area contributed by atoms with E-state index in [0.29, 0.717) is 40.7 Å². The van der Waals surface area contributed by atoms with Crippen molar-refractivity contribution in [3.63, 3.8) is 0 Å². The molecule has 19 heteroatoms. The van der Waals surface area contributed by atoms with E-state index in [2.05, 4.69) is 4.98 Å². The Kier molecular flexibility index (Phi) is 13.8. The van der Waals surface area contributed by atoms with Gasteiger partial charge in [-0.2, -0.15) is 26.3 Å². The number of aromatic amines is 1. The lowest BCUT2D eigenvalue weighted by Crippen LogP contribution is -2.21. The molecule has 0 radical (unpaired) electrons. The topological polar surface area (TPSA) is 184 Å². The molecule has 12 nitrogen and oxygen atoms in total. The zero-order valence-electron chi connectivity index (χ0n) is 26.7. The summed E-state index contributed by atoms with van der Waals surface area (Å²) in [4.78, 5) is 27.6. The number of halogens is 7. The van der Waals surface area contributed by atoms with Crippen molar-refractivity contribution in [2.45, 2.75) is 45.8 Å². The molecule has 1 heterocycles. The summed E-state index contributed by atoms with van der Waals surface area (Å²) in [7, 11) is 1.59. The van der Waals surface area contributed by atoms with Crippen LogP contribution < -0.4 is 24.8 Å². The first-order valence-electron chi connectivity index (χ1n) is 14.2. The van der Waals surface area contributed by atoms with Crippen molar-refractivity contribution in [3.05, 3.63) is 71.8 Å². The Morgan fingerprint density at radius 3 is 2.00 bits per heavy atom. The number of carboxylic acid groups (broad SMARTS) is 2. The number of carboxylic acids is 2. The van der Waals surface area contributed by atoms with E-state index in [1.54, 1.807) is 48.4 Å². The fraction of sp³-hybridized carbons (Fsp3) is 0.290. The molecule has 0 amide bonds. The number of alkyl halides is 6. The fourth-order valence-corrected chi connectivity index (χ4v) is 3.93. The molecule has 0 aliphatic rings. The highest BCUT2D eigenvalue weighted by molar-refractivity contribution is 5.95. The maximum absolute atomic E-state index is 15.9. The number of nitrogens with two attached hydrogens (primary N) is 1. The van der Waals surface area contributed by atoms with E-state index in [1.165, 1.54) is 0 Å². The molecule has 4 aromatic rings. The number of benzene rings is 3. The number of anilines is 2. The summed E-state index contributed by atoms with van der Waals surface area (Å²) in [6, 6.07) is 15.9. The van der Waals surface area contributed by atoms with Gasteiger partial charge in [0.15, 0.2) is 11.6 Å². The van der Waals surface area contributed by atoms with E-state index in [0.717, 1.165) is 5.52 Å². The Hall–Kier alpha value is -5.75. The van der Waals surface area contributed by atoms with Crippen LogP contribution >= 0.6 is 0 Å². The fourth-order valence-electron chi connectivity index (χ4n) is 3.93. The molecular formula is C31H32F7N5O7. The summed E-state index contributed by atoms with van der Waals surface area (Å²) in [5, 5.41) is 22.0. The monoisotopic (exact) mass is 719 g/mol. The molecule has 0 bridgehead atoms. The van der Waals surface area contributed by atoms with Gasteiger partial charge in [0, 0.05) is 23.4 Å². The zero-order chi connectivity index (χ0) is 38.0. The highest BCUT2D eigenvalue weighted by Crippen LogP contribution is 2.38. The normalized spacial score (nSPS) is 11.1. The van der Waals surface area contributed by atoms with Crippen molar-refractivity contribution in [2.75, 3.05) is 18.6 Å². The number of nitrogen functional groups attached to an aromatic ring is 1. The molecule has 50 heavy (non-hydrogen) atoms. The second-order valence-electron chi connectivity index (χ2n) is 10.0. The molecule has 0 aliphatic heterocycles. The second kappa shape index (κ2) is 17.1. The Morgan fingerprint density at radius 1 is 0.980 bits per heavy atom. The van der Waals surface area contributed by atoms with Crippen LogP contribution in [0.3, 0.4) is 0 Å². The van der Waals surface area contributed by atoms with E-state index in [4.69, 9.17) is 50.1 Å². The average molecular weight is 720 g/mol. The number of nitrogens with one attached hydrogen (secondary N) is 2. The van der Waals surface area contributed by atoms with Crippen molar-refractivity contribution in [2.24, 2.45) is 5.73 Å². The molecule has 6 N–H and O–H groups in total. The van der Waals surface area contributed by atoms with Crippen molar-refractivity contribution < 1.29 is 64.7 Å². The van der Waals surface area contributed by atoms with E-state index >= 15 is 4.39 Å². The number of fused-ring (bicyclic) bond motifs is 1. The number of aromatic nitrogens is 2. The molecular weight excluding hydrogens is 687 g/mol. The Morgan fingerprint density at radius 2 is 1.54 bits per heavy atom. The van der Waals surface area contributed by atoms with Crippen LogP contribution in [0.4, 0.5) is 42.1 Å². The number of H-pyrrole nitrogens is 1. The van der Waals surface area contributed by atoms with Crippen LogP contribution in [0.15, 0.2) is 54.6 Å². The van der Waals surface area contributed by atoms with Crippen LogP contribution in [0.1, 0.15) is 32.2 Å². The van der Waals surface area contributed by atoms with Gasteiger partial charge in [0.2, 0.25) is 0 Å². The number of imidazole rings is 1. The molecule has 0 saturated heterocycles. The summed E-state index contributed by atoms with van der Waals surface area (Å²) in [6.07, 6.45) is -10.4. The minimum atomic E-state index is -5.08. The van der Waals surface area contributed by atoms with Gasteiger partial charge >= 0.3 is 24.3 Å². The van der Waals surface area contributed by atoms with E-state index in [-0.39, 0.29) is 29.9 Å². The summed E-state index contributed by atoms with van der Waals surface area (Å²) >= 11 is 0. The van der Waals surface area contributed by atoms with Gasteiger partial charge in [-0.05, 0) is 57.2 Å². The van der Waals surface area contributed by atoms with E-state index in [9.17, 15) is 26.3 Å². The summed E-state index contributed by atoms with van der Waals surface area (Å²) in [5.41, 5.74) is 8.65. The predicted octanol–water partition coefficient (Wildman–Crippen LogP) is 6.79. The number of amidine groups is 1. The van der Waals surface area contributed by atoms with E-state index < -0.39 is 30.1 Å². The molecule has 0 fully saturated rings. The third-order valence-corrected chi connectivity index (χ3v) is 5.99. The van der Waals surface area contributed by atoms with Gasteiger partial charge in [-0.15, -0.1) is 0 Å². The standard InChI is InChI=1S/C27H30FN5O3.2C2HF3O2/c1-5-35-19-13-21(25(28)23(14-19)36-16(2)3)33(18-11-9-17(10-12-18)27(29)30)15-24-31-20-7-6-8-22(34-4)26(20)32-24;2*3-2(4,5)1(6)7/h6-14,16H,5,15H2,1-4H3,(H3,29,30)(H,31,32);2*(H,6,7). The highest BCUT2D eigenvalue weighted by Gasteiger charge is 2.39. The largest absolute Gasteiger partial charge is 0.494 e. The Bertz CT molecular complexity index is 1750. The number of aliphatic carboxylic acids is 2. The van der Waals surface area contributed by atoms with Gasteiger partial charge in [-0.3, -0.25) is 5.41 Å². The highest BCUT2D eigenvalue weighted by atomic mass is 19.4. The molecule has 0 saturated carbocycles. The SMILES string of the molecule is CCOc1cc(OC(C)C)c(F)c(N(Cc2nc3c(OC)cccc3[nH]2)c2ccc(C(=N)N)cc2)c1.O=C(O)C(F)(F)F.O=C(O)C(F)(F)F. The van der Waals surface area contributed by atoms with Gasteiger partial charge in [0.25, 0.3) is 0 Å². The summed E-state index contributed by atoms with van der Waals surface area (Å²) in [5.74, 6) is -4.24. The number of ether oxygens (including phenoxy) is 3. The van der Waals surface area contributed by atoms with Gasteiger partial charge in [0.1, 0.15) is 28.7 Å². The van der Waals surface area contributed by atoms with Crippen molar-refractivity contribution in [3.8, 4) is 17.2 Å². The molecule has 0 aliphatic carbocycles. The first-order chi connectivity index (χ1) is 23.2. The lowest BCUT2D eigenvalue weighted by atomic mass is 10.1. The van der Waals surface area contributed by atoms with Crippen LogP contribution in [-0.2, 0) is 16.1 Å².